The minimum atomic E-state index is -0.814. The third kappa shape index (κ3) is 14.9. The summed E-state index contributed by atoms with van der Waals surface area (Å²) in [5.41, 5.74) is -0.814. The van der Waals surface area contributed by atoms with Crippen molar-refractivity contribution in [2.75, 3.05) is 47.7 Å². The molecule has 0 aliphatic heterocycles. The Labute approximate surface area is 235 Å². The zero-order chi connectivity index (χ0) is 23.9. The van der Waals surface area contributed by atoms with Crippen LogP contribution in [-0.4, -0.2) is 80.7 Å². The van der Waals surface area contributed by atoms with E-state index >= 15 is 0 Å². The molecule has 0 aromatic heterocycles. The molecule has 0 N–H and O–H groups in total. The smallest absolute Gasteiger partial charge is 0.313 e. The molecule has 0 spiro atoms. The maximum Gasteiger partial charge on any atom is 0.313 e. The molecular weight excluding hydrogens is 569 g/mol. The number of ether oxygens (including phenoxy) is 2. The molecule has 0 aliphatic rings. The van der Waals surface area contributed by atoms with Crippen molar-refractivity contribution in [3.8, 4) is 0 Å². The lowest BCUT2D eigenvalue weighted by atomic mass is 9.80. The summed E-state index contributed by atoms with van der Waals surface area (Å²) < 4.78 is 10.8. The van der Waals surface area contributed by atoms with Crippen LogP contribution in [0.1, 0.15) is 19.3 Å². The first-order valence-electron chi connectivity index (χ1n) is 9.70. The Morgan fingerprint density at radius 2 is 1.19 bits per heavy atom. The molecule has 0 amide bonds. The van der Waals surface area contributed by atoms with Gasteiger partial charge in [-0.1, -0.05) is 0 Å². The van der Waals surface area contributed by atoms with Crippen molar-refractivity contribution in [2.45, 2.75) is 40.3 Å². The lowest BCUT2D eigenvalue weighted by Crippen LogP contribution is -2.41. The van der Waals surface area contributed by atoms with E-state index in [2.05, 4.69) is 101 Å². The molecule has 31 heavy (non-hydrogen) atoms. The van der Waals surface area contributed by atoms with Crippen molar-refractivity contribution in [1.82, 2.24) is 0 Å². The topological polar surface area (TPSA) is 52.6 Å². The molecule has 184 valence electrons. The Balaban J connectivity index is 5.15. The molecule has 0 aliphatic carbocycles. The second kappa shape index (κ2) is 19.3. The molecule has 4 atom stereocenters. The second-order valence-electron chi connectivity index (χ2n) is 7.12. The number of carbonyl (C=O) groups excluding carboxylic acids is 2. The van der Waals surface area contributed by atoms with Crippen molar-refractivity contribution >= 4 is 125 Å². The van der Waals surface area contributed by atoms with E-state index in [0.29, 0.717) is 47.4 Å². The Morgan fingerprint density at radius 1 is 0.742 bits per heavy atom. The van der Waals surface area contributed by atoms with E-state index in [9.17, 15) is 9.59 Å². The molecule has 0 bridgehead atoms. The van der Waals surface area contributed by atoms with E-state index in [1.165, 1.54) is 11.8 Å². The minimum Gasteiger partial charge on any atom is -0.464 e. The summed E-state index contributed by atoms with van der Waals surface area (Å²) in [7, 11) is 0. The summed E-state index contributed by atoms with van der Waals surface area (Å²) in [6, 6.07) is 0. The largest absolute Gasteiger partial charge is 0.464 e. The molecule has 13 heteroatoms. The summed E-state index contributed by atoms with van der Waals surface area (Å²) in [5.74, 6) is 2.46. The van der Waals surface area contributed by atoms with Crippen LogP contribution in [0.2, 0.25) is 0 Å². The van der Waals surface area contributed by atoms with Gasteiger partial charge in [0.15, 0.2) is 0 Å². The van der Waals surface area contributed by atoms with Crippen molar-refractivity contribution in [3.63, 3.8) is 0 Å². The number of hydrogen-bond acceptors (Lipinski definition) is 13. The second-order valence-corrected chi connectivity index (χ2v) is 12.6. The van der Waals surface area contributed by atoms with Crippen LogP contribution in [0, 0.1) is 5.41 Å². The van der Waals surface area contributed by atoms with Crippen LogP contribution in [0.15, 0.2) is 0 Å². The van der Waals surface area contributed by atoms with Crippen LogP contribution < -0.4 is 0 Å². The molecular formula is C18H34O4S9. The van der Waals surface area contributed by atoms with Crippen LogP contribution in [-0.2, 0) is 19.1 Å². The van der Waals surface area contributed by atoms with Crippen LogP contribution >= 0.6 is 113 Å². The quantitative estimate of drug-likeness (QED) is 0.0696. The van der Waals surface area contributed by atoms with Gasteiger partial charge in [-0.15, -0.1) is 0 Å². The minimum absolute atomic E-state index is 0.0858. The van der Waals surface area contributed by atoms with Gasteiger partial charge in [0.1, 0.15) is 13.2 Å². The molecule has 0 aromatic rings. The van der Waals surface area contributed by atoms with E-state index in [0.717, 1.165) is 0 Å². The average Bonchev–Trinajstić information content (AvgIpc) is 2.77. The van der Waals surface area contributed by atoms with E-state index in [1.807, 2.05) is 0 Å². The average molecular weight is 603 g/mol. The molecule has 4 unspecified atom stereocenters. The van der Waals surface area contributed by atoms with Gasteiger partial charge in [0.2, 0.25) is 0 Å². The summed E-state index contributed by atoms with van der Waals surface area (Å²) in [6.07, 6.45) is 1.22. The van der Waals surface area contributed by atoms with Crippen molar-refractivity contribution < 1.29 is 19.1 Å². The van der Waals surface area contributed by atoms with Gasteiger partial charge >= 0.3 is 11.9 Å². The highest BCUT2D eigenvalue weighted by Crippen LogP contribution is 2.38. The van der Waals surface area contributed by atoms with Gasteiger partial charge in [-0.3, -0.25) is 9.59 Å². The summed E-state index contributed by atoms with van der Waals surface area (Å²) >= 11 is 36.2. The highest BCUT2D eigenvalue weighted by Gasteiger charge is 2.42. The van der Waals surface area contributed by atoms with Crippen molar-refractivity contribution in [1.29, 1.82) is 0 Å². The zero-order valence-electron chi connectivity index (χ0n) is 17.2. The molecule has 4 nitrogen and oxygen atoms in total. The van der Waals surface area contributed by atoms with E-state index in [1.54, 1.807) is 0 Å². The van der Waals surface area contributed by atoms with Crippen LogP contribution in [0.3, 0.4) is 0 Å². The van der Waals surface area contributed by atoms with Gasteiger partial charge in [0.05, 0.1) is 11.8 Å². The van der Waals surface area contributed by atoms with Crippen molar-refractivity contribution in [3.05, 3.63) is 0 Å². The van der Waals surface area contributed by atoms with Crippen LogP contribution in [0.25, 0.3) is 0 Å². The fourth-order valence-corrected chi connectivity index (χ4v) is 5.09. The molecule has 0 radical (unpaired) electrons. The van der Waals surface area contributed by atoms with E-state index in [4.69, 9.17) is 9.47 Å². The first-order valence-corrected chi connectivity index (χ1v) is 15.4. The molecule has 0 fully saturated rings. The van der Waals surface area contributed by atoms with Gasteiger partial charge in [-0.25, -0.2) is 0 Å². The summed E-state index contributed by atoms with van der Waals surface area (Å²) in [4.78, 5) is 25.1. The van der Waals surface area contributed by atoms with Gasteiger partial charge in [-0.2, -0.15) is 113 Å². The maximum atomic E-state index is 13.2. The van der Waals surface area contributed by atoms with Gasteiger partial charge in [-0.05, 0) is 12.8 Å². The van der Waals surface area contributed by atoms with Crippen LogP contribution in [0.4, 0.5) is 0 Å². The Morgan fingerprint density at radius 3 is 1.65 bits per heavy atom. The standard InChI is InChI=1S/C18H34O4S9/c19-16(21-5-14(29)9-25)1-2-31-11-18(3-12(27)7-23,4-13(28)8-24)17(20)22-6-15(30)10-26/h12-15,23-30H,1-11H2. The number of esters is 2. The maximum absolute atomic E-state index is 13.2. The number of hydrogen-bond donors (Lipinski definition) is 8. The van der Waals surface area contributed by atoms with Gasteiger partial charge < -0.3 is 9.47 Å². The molecule has 0 saturated carbocycles. The molecule has 0 rings (SSSR count). The van der Waals surface area contributed by atoms with Crippen molar-refractivity contribution in [2.24, 2.45) is 5.41 Å². The summed E-state index contributed by atoms with van der Waals surface area (Å²) in [6.45, 7) is 0.408. The van der Waals surface area contributed by atoms with E-state index in [-0.39, 0.29) is 52.6 Å². The van der Waals surface area contributed by atoms with E-state index < -0.39 is 5.41 Å². The molecule has 0 aromatic carbocycles. The molecule has 0 saturated heterocycles. The predicted molar refractivity (Wildman–Crippen MR) is 162 cm³/mol. The Bertz CT molecular complexity index is 500. The third-order valence-corrected chi connectivity index (χ3v) is 9.76. The highest BCUT2D eigenvalue weighted by molar-refractivity contribution is 7.99. The first kappa shape index (κ1) is 33.1. The number of thiol groups is 8. The fourth-order valence-electron chi connectivity index (χ4n) is 2.57. The van der Waals surface area contributed by atoms with Gasteiger partial charge in [0.25, 0.3) is 0 Å². The SMILES string of the molecule is O=C(CCSCC(CC(S)CS)(CC(S)CS)C(=O)OCC(S)CS)OCC(S)CS. The lowest BCUT2D eigenvalue weighted by Gasteiger charge is -2.35. The first-order chi connectivity index (χ1) is 14.6. The molecule has 0 heterocycles. The Kier molecular flexibility index (Phi) is 20.6. The summed E-state index contributed by atoms with van der Waals surface area (Å²) in [5, 5.41) is -0.412. The Hall–Kier alpha value is 2.09. The zero-order valence-corrected chi connectivity index (χ0v) is 25.2. The lowest BCUT2D eigenvalue weighted by molar-refractivity contribution is -0.155. The number of rotatable bonds is 18. The highest BCUT2D eigenvalue weighted by atomic mass is 32.2. The number of carbonyl (C=O) groups is 2. The van der Waals surface area contributed by atoms with Gasteiger partial charge in [0, 0.05) is 55.5 Å². The number of thioether (sulfide) groups is 1. The van der Waals surface area contributed by atoms with Crippen LogP contribution in [0.5, 0.6) is 0 Å². The fraction of sp³-hybridized carbons (Fsp3) is 0.889. The third-order valence-electron chi connectivity index (χ3n) is 4.20. The monoisotopic (exact) mass is 602 g/mol. The predicted octanol–water partition coefficient (Wildman–Crippen LogP) is 3.88. The normalized spacial score (nSPS) is 17.3.